The van der Waals surface area contributed by atoms with Crippen molar-refractivity contribution < 1.29 is 39.2 Å². The molecule has 0 aliphatic rings. The Kier molecular flexibility index (Phi) is 19.3. The lowest BCUT2D eigenvalue weighted by Crippen LogP contribution is -2.42. The predicted octanol–water partition coefficient (Wildman–Crippen LogP) is 1.27. The number of esters is 1. The van der Waals surface area contributed by atoms with Crippen molar-refractivity contribution in [2.45, 2.75) is 89.5 Å². The summed E-state index contributed by atoms with van der Waals surface area (Å²) in [6.45, 7) is 0.650. The van der Waals surface area contributed by atoms with Crippen LogP contribution in [-0.2, 0) is 23.9 Å². The average molecular weight is 461 g/mol. The molecule has 0 rings (SSSR count). The molecule has 1 unspecified atom stereocenters. The highest BCUT2D eigenvalue weighted by Crippen LogP contribution is 2.06. The van der Waals surface area contributed by atoms with E-state index in [0.717, 1.165) is 6.42 Å². The van der Waals surface area contributed by atoms with E-state index >= 15 is 0 Å². The van der Waals surface area contributed by atoms with Crippen LogP contribution in [0.25, 0.3) is 0 Å². The molecular weight excluding hydrogens is 420 g/mol. The fourth-order valence-corrected chi connectivity index (χ4v) is 2.94. The van der Waals surface area contributed by atoms with Crippen molar-refractivity contribution in [3.05, 3.63) is 0 Å². The molecule has 0 heterocycles. The number of carbonyl (C=O) groups is 4. The Morgan fingerprint density at radius 3 is 2.00 bits per heavy atom. The highest BCUT2D eigenvalue weighted by atomic mass is 16.5. The predicted molar refractivity (Wildman–Crippen MR) is 118 cm³/mol. The van der Waals surface area contributed by atoms with Gasteiger partial charge in [0.05, 0.1) is 6.61 Å². The van der Waals surface area contributed by atoms with Crippen molar-refractivity contribution in [1.29, 1.82) is 0 Å². The van der Waals surface area contributed by atoms with E-state index in [1.165, 1.54) is 0 Å². The summed E-state index contributed by atoms with van der Waals surface area (Å²) in [4.78, 5) is 46.8. The first-order valence-electron chi connectivity index (χ1n) is 11.6. The second-order valence-electron chi connectivity index (χ2n) is 7.70. The van der Waals surface area contributed by atoms with Gasteiger partial charge in [0.1, 0.15) is 6.04 Å². The number of unbranched alkanes of at least 4 members (excludes halogenated alkanes) is 5. The molecule has 0 aromatic carbocycles. The van der Waals surface area contributed by atoms with Gasteiger partial charge in [-0.1, -0.05) is 6.42 Å². The van der Waals surface area contributed by atoms with Crippen molar-refractivity contribution >= 4 is 23.8 Å². The molecule has 0 saturated heterocycles. The van der Waals surface area contributed by atoms with Crippen LogP contribution < -0.4 is 10.6 Å². The number of nitrogens with one attached hydrogen (secondary N) is 2. The first kappa shape index (κ1) is 29.8. The van der Waals surface area contributed by atoms with Crippen LogP contribution >= 0.6 is 0 Å². The molecule has 0 bridgehead atoms. The Morgan fingerprint density at radius 1 is 0.719 bits per heavy atom. The molecule has 2 amide bonds. The van der Waals surface area contributed by atoms with Gasteiger partial charge in [0, 0.05) is 39.0 Å². The molecule has 5 N–H and O–H groups in total. The van der Waals surface area contributed by atoms with E-state index in [1.54, 1.807) is 0 Å². The largest absolute Gasteiger partial charge is 0.481 e. The van der Waals surface area contributed by atoms with E-state index in [4.69, 9.17) is 20.1 Å². The molecule has 0 fully saturated rings. The van der Waals surface area contributed by atoms with Crippen molar-refractivity contribution in [2.24, 2.45) is 0 Å². The van der Waals surface area contributed by atoms with E-state index in [9.17, 15) is 19.2 Å². The number of hydrogen-bond donors (Lipinski definition) is 5. The Bertz CT molecular complexity index is 542. The van der Waals surface area contributed by atoms with Gasteiger partial charge in [-0.25, -0.2) is 4.79 Å². The monoisotopic (exact) mass is 460 g/mol. The Morgan fingerprint density at radius 2 is 1.31 bits per heavy atom. The van der Waals surface area contributed by atoms with Crippen LogP contribution in [0.3, 0.4) is 0 Å². The lowest BCUT2D eigenvalue weighted by atomic mass is 10.1. The van der Waals surface area contributed by atoms with Gasteiger partial charge in [0.25, 0.3) is 0 Å². The zero-order valence-electron chi connectivity index (χ0n) is 19.0. The number of carboxylic acids is 1. The Hall–Kier alpha value is -2.20. The molecule has 10 nitrogen and oxygen atoms in total. The molecule has 0 spiro atoms. The average Bonchev–Trinajstić information content (AvgIpc) is 2.75. The smallest absolute Gasteiger partial charge is 0.328 e. The van der Waals surface area contributed by atoms with E-state index < -0.39 is 18.0 Å². The van der Waals surface area contributed by atoms with Gasteiger partial charge in [-0.15, -0.1) is 0 Å². The van der Waals surface area contributed by atoms with Crippen molar-refractivity contribution in [1.82, 2.24) is 10.6 Å². The van der Waals surface area contributed by atoms with Crippen molar-refractivity contribution in [3.8, 4) is 0 Å². The van der Waals surface area contributed by atoms with Gasteiger partial charge < -0.3 is 30.7 Å². The first-order valence-corrected chi connectivity index (χ1v) is 11.6. The Labute approximate surface area is 190 Å². The normalized spacial score (nSPS) is 11.6. The number of aliphatic hydroxyl groups excluding tert-OH is 2. The lowest BCUT2D eigenvalue weighted by molar-refractivity contribution is -0.148. The summed E-state index contributed by atoms with van der Waals surface area (Å²) in [5.74, 6) is -1.78. The maximum absolute atomic E-state index is 12.4. The van der Waals surface area contributed by atoms with Gasteiger partial charge in [0.15, 0.2) is 0 Å². The van der Waals surface area contributed by atoms with Gasteiger partial charge in [0.2, 0.25) is 11.8 Å². The fourth-order valence-electron chi connectivity index (χ4n) is 2.94. The van der Waals surface area contributed by atoms with Gasteiger partial charge in [-0.3, -0.25) is 14.4 Å². The van der Waals surface area contributed by atoms with Gasteiger partial charge in [-0.05, 0) is 57.8 Å². The number of ether oxygens (including phenoxy) is 1. The van der Waals surface area contributed by atoms with Crippen LogP contribution in [0.5, 0.6) is 0 Å². The van der Waals surface area contributed by atoms with Crippen molar-refractivity contribution in [2.75, 3.05) is 26.4 Å². The highest BCUT2D eigenvalue weighted by molar-refractivity contribution is 5.84. The molecule has 0 aliphatic carbocycles. The van der Waals surface area contributed by atoms with Gasteiger partial charge >= 0.3 is 11.9 Å². The minimum absolute atomic E-state index is 0.0519. The zero-order chi connectivity index (χ0) is 24.0. The molecule has 1 atom stereocenters. The highest BCUT2D eigenvalue weighted by Gasteiger charge is 2.22. The number of carboxylic acid groups (broad SMARTS) is 1. The van der Waals surface area contributed by atoms with E-state index in [2.05, 4.69) is 10.6 Å². The molecule has 0 aromatic heterocycles. The third-order valence-electron chi connectivity index (χ3n) is 4.76. The molecule has 0 aliphatic heterocycles. The standard InChI is InChI=1S/C22H40N2O8/c25-15-6-1-3-12-20(28)24-18(10-9-14-23-19(27)11-5-7-16-26)22(31)32-17-8-2-4-13-21(29)30/h18,25-26H,1-17H2,(H,23,27)(H,24,28)(H,29,30). The summed E-state index contributed by atoms with van der Waals surface area (Å²) in [5, 5.41) is 31.6. The van der Waals surface area contributed by atoms with Gasteiger partial charge in [-0.2, -0.15) is 0 Å². The Balaban J connectivity index is 4.39. The summed E-state index contributed by atoms with van der Waals surface area (Å²) in [6.07, 6.45) is 6.28. The molecular formula is C22H40N2O8. The second-order valence-corrected chi connectivity index (χ2v) is 7.70. The molecule has 10 heteroatoms. The molecule has 186 valence electrons. The number of aliphatic hydroxyl groups is 2. The molecule has 0 radical (unpaired) electrons. The maximum atomic E-state index is 12.4. The van der Waals surface area contributed by atoms with Crippen LogP contribution in [-0.4, -0.2) is 71.5 Å². The summed E-state index contributed by atoms with van der Waals surface area (Å²) >= 11 is 0. The lowest BCUT2D eigenvalue weighted by Gasteiger charge is -2.18. The number of rotatable bonds is 21. The topological polar surface area (TPSA) is 162 Å². The minimum Gasteiger partial charge on any atom is -0.481 e. The number of hydrogen-bond acceptors (Lipinski definition) is 7. The van der Waals surface area contributed by atoms with Crippen molar-refractivity contribution in [3.63, 3.8) is 0 Å². The zero-order valence-corrected chi connectivity index (χ0v) is 19.0. The first-order chi connectivity index (χ1) is 15.4. The van der Waals surface area contributed by atoms with Crippen LogP contribution in [0, 0.1) is 0 Å². The number of carbonyl (C=O) groups excluding carboxylic acids is 3. The minimum atomic E-state index is -0.857. The molecule has 0 saturated carbocycles. The third-order valence-corrected chi connectivity index (χ3v) is 4.76. The second kappa shape index (κ2) is 20.7. The number of amides is 2. The molecule has 32 heavy (non-hydrogen) atoms. The SMILES string of the molecule is O=C(O)CCCCCOC(=O)C(CCCNC(=O)CCCCO)NC(=O)CCCCCO. The van der Waals surface area contributed by atoms with Crippen LogP contribution in [0.2, 0.25) is 0 Å². The van der Waals surface area contributed by atoms with E-state index in [1.807, 2.05) is 0 Å². The fraction of sp³-hybridized carbons (Fsp3) is 0.818. The third kappa shape index (κ3) is 18.6. The maximum Gasteiger partial charge on any atom is 0.328 e. The summed E-state index contributed by atoms with van der Waals surface area (Å²) in [7, 11) is 0. The summed E-state index contributed by atoms with van der Waals surface area (Å²) in [6, 6.07) is -0.814. The summed E-state index contributed by atoms with van der Waals surface area (Å²) in [5.41, 5.74) is 0. The van der Waals surface area contributed by atoms with Crippen LogP contribution in [0.4, 0.5) is 0 Å². The van der Waals surface area contributed by atoms with Crippen LogP contribution in [0.1, 0.15) is 83.5 Å². The quantitative estimate of drug-likeness (QED) is 0.126. The summed E-state index contributed by atoms with van der Waals surface area (Å²) < 4.78 is 5.25. The van der Waals surface area contributed by atoms with E-state index in [-0.39, 0.29) is 44.5 Å². The number of aliphatic carboxylic acids is 1. The van der Waals surface area contributed by atoms with E-state index in [0.29, 0.717) is 70.8 Å². The molecule has 0 aromatic rings. The van der Waals surface area contributed by atoms with Crippen LogP contribution in [0.15, 0.2) is 0 Å².